The predicted molar refractivity (Wildman–Crippen MR) is 111 cm³/mol. The second-order valence-corrected chi connectivity index (χ2v) is 6.60. The molecular weight excluding hydrogens is 396 g/mol. The largest absolute Gasteiger partial charge is 0.493 e. The van der Waals surface area contributed by atoms with E-state index in [4.69, 9.17) is 14.2 Å². The minimum Gasteiger partial charge on any atom is -0.493 e. The topological polar surface area (TPSA) is 111 Å². The standard InChI is InChI=1S/C19H24N4O5S/c1-4-27-18(25)10-15-12-29-19(22-15)23-21-11-14-5-6-16(17(9-14)26-3)28-8-7-20-13(2)24/h5-6,9,11-12H,4,7-8,10H2,1-3H3,(H,20,24)(H,22,23). The van der Waals surface area contributed by atoms with E-state index in [9.17, 15) is 9.59 Å². The highest BCUT2D eigenvalue weighted by Gasteiger charge is 2.08. The van der Waals surface area contributed by atoms with Gasteiger partial charge in [-0.2, -0.15) is 5.10 Å². The molecule has 0 aliphatic carbocycles. The first-order chi connectivity index (χ1) is 14.0. The fourth-order valence-electron chi connectivity index (χ4n) is 2.23. The van der Waals surface area contributed by atoms with Crippen molar-refractivity contribution in [1.82, 2.24) is 10.3 Å². The van der Waals surface area contributed by atoms with Crippen molar-refractivity contribution >= 4 is 34.6 Å². The van der Waals surface area contributed by atoms with Crippen molar-refractivity contribution in [3.05, 3.63) is 34.8 Å². The van der Waals surface area contributed by atoms with Crippen molar-refractivity contribution in [3.8, 4) is 11.5 Å². The van der Waals surface area contributed by atoms with Gasteiger partial charge >= 0.3 is 5.97 Å². The zero-order valence-electron chi connectivity index (χ0n) is 16.6. The van der Waals surface area contributed by atoms with E-state index < -0.39 is 0 Å². The smallest absolute Gasteiger partial charge is 0.311 e. The van der Waals surface area contributed by atoms with Gasteiger partial charge in [0.1, 0.15) is 6.61 Å². The van der Waals surface area contributed by atoms with Crippen LogP contribution in [0, 0.1) is 0 Å². The van der Waals surface area contributed by atoms with E-state index in [0.717, 1.165) is 5.56 Å². The molecular formula is C19H24N4O5S. The molecule has 0 unspecified atom stereocenters. The summed E-state index contributed by atoms with van der Waals surface area (Å²) in [6, 6.07) is 5.39. The van der Waals surface area contributed by atoms with E-state index in [1.807, 2.05) is 6.07 Å². The molecule has 2 aromatic rings. The Bertz CT molecular complexity index is 853. The lowest BCUT2D eigenvalue weighted by atomic mass is 10.2. The van der Waals surface area contributed by atoms with Crippen LogP contribution in [0.2, 0.25) is 0 Å². The van der Waals surface area contributed by atoms with Crippen molar-refractivity contribution in [2.75, 3.05) is 32.3 Å². The van der Waals surface area contributed by atoms with E-state index >= 15 is 0 Å². The first-order valence-corrected chi connectivity index (χ1v) is 9.84. The first kappa shape index (κ1) is 22.2. The molecule has 1 amide bonds. The lowest BCUT2D eigenvalue weighted by Gasteiger charge is -2.11. The van der Waals surface area contributed by atoms with Crippen LogP contribution in [0.5, 0.6) is 11.5 Å². The molecule has 156 valence electrons. The number of hydrogen-bond donors (Lipinski definition) is 2. The summed E-state index contributed by atoms with van der Waals surface area (Å²) in [5.74, 6) is 0.724. The highest BCUT2D eigenvalue weighted by molar-refractivity contribution is 7.13. The molecule has 0 saturated carbocycles. The molecule has 0 aliphatic heterocycles. The van der Waals surface area contributed by atoms with Crippen LogP contribution in [0.15, 0.2) is 28.7 Å². The third kappa shape index (κ3) is 7.78. The Labute approximate surface area is 173 Å². The lowest BCUT2D eigenvalue weighted by molar-refractivity contribution is -0.142. The number of anilines is 1. The summed E-state index contributed by atoms with van der Waals surface area (Å²) in [5, 5.41) is 9.17. The van der Waals surface area contributed by atoms with Crippen LogP contribution in [0.1, 0.15) is 25.1 Å². The van der Waals surface area contributed by atoms with Gasteiger partial charge in [0.05, 0.1) is 38.6 Å². The number of amides is 1. The van der Waals surface area contributed by atoms with E-state index in [2.05, 4.69) is 20.8 Å². The Morgan fingerprint density at radius 2 is 2.14 bits per heavy atom. The number of nitrogens with one attached hydrogen (secondary N) is 2. The minimum absolute atomic E-state index is 0.104. The maximum absolute atomic E-state index is 11.5. The van der Waals surface area contributed by atoms with Crippen molar-refractivity contribution in [2.24, 2.45) is 5.10 Å². The highest BCUT2D eigenvalue weighted by Crippen LogP contribution is 2.27. The summed E-state index contributed by atoms with van der Waals surface area (Å²) in [5.41, 5.74) is 4.27. The third-order valence-electron chi connectivity index (χ3n) is 3.48. The fraction of sp³-hybridized carbons (Fsp3) is 0.368. The molecule has 29 heavy (non-hydrogen) atoms. The second kappa shape index (κ2) is 11.6. The number of nitrogens with zero attached hydrogens (tertiary/aromatic N) is 2. The zero-order chi connectivity index (χ0) is 21.1. The molecule has 1 aromatic carbocycles. The maximum Gasteiger partial charge on any atom is 0.311 e. The van der Waals surface area contributed by atoms with Crippen LogP contribution in [-0.2, 0) is 20.7 Å². The monoisotopic (exact) mass is 420 g/mol. The first-order valence-electron chi connectivity index (χ1n) is 8.96. The number of carbonyl (C=O) groups excluding carboxylic acids is 2. The number of thiazole rings is 1. The van der Waals surface area contributed by atoms with Crippen molar-refractivity contribution in [3.63, 3.8) is 0 Å². The lowest BCUT2D eigenvalue weighted by Crippen LogP contribution is -2.25. The molecule has 0 aliphatic rings. The van der Waals surface area contributed by atoms with E-state index in [0.29, 0.717) is 42.1 Å². The van der Waals surface area contributed by atoms with Crippen molar-refractivity contribution in [2.45, 2.75) is 20.3 Å². The van der Waals surface area contributed by atoms with Crippen LogP contribution in [0.25, 0.3) is 0 Å². The van der Waals surface area contributed by atoms with Crippen LogP contribution < -0.4 is 20.2 Å². The van der Waals surface area contributed by atoms with Gasteiger partial charge in [-0.1, -0.05) is 0 Å². The number of ether oxygens (including phenoxy) is 3. The van der Waals surface area contributed by atoms with E-state index in [-0.39, 0.29) is 18.3 Å². The summed E-state index contributed by atoms with van der Waals surface area (Å²) >= 11 is 1.35. The number of esters is 1. The average Bonchev–Trinajstić information content (AvgIpc) is 3.13. The molecule has 2 N–H and O–H groups in total. The van der Waals surface area contributed by atoms with Gasteiger partial charge in [0.15, 0.2) is 11.5 Å². The van der Waals surface area contributed by atoms with Crippen LogP contribution in [0.3, 0.4) is 0 Å². The Morgan fingerprint density at radius 3 is 2.86 bits per heavy atom. The Morgan fingerprint density at radius 1 is 1.31 bits per heavy atom. The van der Waals surface area contributed by atoms with Gasteiger partial charge < -0.3 is 19.5 Å². The zero-order valence-corrected chi connectivity index (χ0v) is 17.4. The van der Waals surface area contributed by atoms with Gasteiger partial charge in [-0.25, -0.2) is 4.98 Å². The van der Waals surface area contributed by atoms with Gasteiger partial charge in [-0.15, -0.1) is 11.3 Å². The maximum atomic E-state index is 11.5. The van der Waals surface area contributed by atoms with Gasteiger partial charge in [-0.3, -0.25) is 15.0 Å². The normalized spacial score (nSPS) is 10.6. The van der Waals surface area contributed by atoms with Crippen molar-refractivity contribution in [1.29, 1.82) is 0 Å². The third-order valence-corrected chi connectivity index (χ3v) is 4.27. The molecule has 0 fully saturated rings. The number of carbonyl (C=O) groups is 2. The van der Waals surface area contributed by atoms with Gasteiger partial charge in [0, 0.05) is 12.3 Å². The van der Waals surface area contributed by atoms with Crippen molar-refractivity contribution < 1.29 is 23.8 Å². The summed E-state index contributed by atoms with van der Waals surface area (Å²) in [7, 11) is 1.55. The molecule has 2 rings (SSSR count). The summed E-state index contributed by atoms with van der Waals surface area (Å²) < 4.78 is 15.9. The summed E-state index contributed by atoms with van der Waals surface area (Å²) in [4.78, 5) is 26.6. The molecule has 10 heteroatoms. The van der Waals surface area contributed by atoms with Crippen LogP contribution >= 0.6 is 11.3 Å². The van der Waals surface area contributed by atoms with Gasteiger partial charge in [-0.05, 0) is 30.7 Å². The Balaban J connectivity index is 1.89. The summed E-state index contributed by atoms with van der Waals surface area (Å²) in [6.45, 7) is 4.32. The number of rotatable bonds is 11. The SMILES string of the molecule is CCOC(=O)Cc1csc(NN=Cc2ccc(OCCNC(C)=O)c(OC)c2)n1. The van der Waals surface area contributed by atoms with Gasteiger partial charge in [0.2, 0.25) is 11.0 Å². The van der Waals surface area contributed by atoms with Crippen LogP contribution in [-0.4, -0.2) is 49.9 Å². The number of hydrogen-bond acceptors (Lipinski definition) is 9. The van der Waals surface area contributed by atoms with Gasteiger partial charge in [0.25, 0.3) is 0 Å². The highest BCUT2D eigenvalue weighted by atomic mass is 32.1. The number of aromatic nitrogens is 1. The molecule has 1 heterocycles. The molecule has 0 atom stereocenters. The summed E-state index contributed by atoms with van der Waals surface area (Å²) in [6.07, 6.45) is 1.76. The fourth-order valence-corrected chi connectivity index (χ4v) is 2.89. The Hall–Kier alpha value is -3.14. The van der Waals surface area contributed by atoms with E-state index in [1.54, 1.807) is 37.8 Å². The van der Waals surface area contributed by atoms with E-state index in [1.165, 1.54) is 18.3 Å². The number of methoxy groups -OCH3 is 1. The molecule has 0 spiro atoms. The number of hydrazone groups is 1. The predicted octanol–water partition coefficient (Wildman–Crippen LogP) is 2.22. The molecule has 0 bridgehead atoms. The molecule has 9 nitrogen and oxygen atoms in total. The molecule has 1 aromatic heterocycles. The van der Waals surface area contributed by atoms with Crippen LogP contribution in [0.4, 0.5) is 5.13 Å². The molecule has 0 saturated heterocycles. The minimum atomic E-state index is -0.306. The number of benzene rings is 1. The average molecular weight is 420 g/mol. The second-order valence-electron chi connectivity index (χ2n) is 5.74. The Kier molecular flexibility index (Phi) is 8.90. The quantitative estimate of drug-likeness (QED) is 0.248. The molecule has 0 radical (unpaired) electrons.